The summed E-state index contributed by atoms with van der Waals surface area (Å²) in [5.74, 6) is 0.239. The summed E-state index contributed by atoms with van der Waals surface area (Å²) in [6, 6.07) is 12.2. The lowest BCUT2D eigenvalue weighted by atomic mass is 10.1. The van der Waals surface area contributed by atoms with E-state index in [1.807, 2.05) is 31.2 Å². The van der Waals surface area contributed by atoms with Crippen LogP contribution >= 0.6 is 12.2 Å². The molecule has 3 rings (SSSR count). The van der Waals surface area contributed by atoms with Gasteiger partial charge in [-0.2, -0.15) is 5.10 Å². The molecular weight excluding hydrogens is 391 g/mol. The number of aromatic nitrogens is 3. The number of hydrogen-bond donors (Lipinski definition) is 2. The minimum Gasteiger partial charge on any atom is -0.494 e. The first-order chi connectivity index (χ1) is 13.9. The van der Waals surface area contributed by atoms with Crippen molar-refractivity contribution in [3.63, 3.8) is 0 Å². The van der Waals surface area contributed by atoms with E-state index in [9.17, 15) is 9.18 Å². The second-order valence-corrected chi connectivity index (χ2v) is 7.19. The van der Waals surface area contributed by atoms with Gasteiger partial charge in [0.05, 0.1) is 13.2 Å². The molecule has 1 amide bonds. The van der Waals surface area contributed by atoms with Crippen molar-refractivity contribution in [1.82, 2.24) is 20.1 Å². The summed E-state index contributed by atoms with van der Waals surface area (Å²) < 4.78 is 21.1. The molecule has 0 unspecified atom stereocenters. The van der Waals surface area contributed by atoms with Crippen LogP contribution in [0.25, 0.3) is 11.4 Å². The van der Waals surface area contributed by atoms with Gasteiger partial charge in [0, 0.05) is 18.5 Å². The molecule has 6 nitrogen and oxygen atoms in total. The number of nitrogens with zero attached hydrogens (tertiary/aromatic N) is 2. The zero-order chi connectivity index (χ0) is 21.0. The third-order valence-corrected chi connectivity index (χ3v) is 5.00. The Morgan fingerprint density at radius 3 is 2.69 bits per heavy atom. The second kappa shape index (κ2) is 9.00. The predicted molar refractivity (Wildman–Crippen MR) is 112 cm³/mol. The number of hydrogen-bond acceptors (Lipinski definition) is 4. The number of aryl methyl sites for hydroxylation is 1. The number of H-pyrrole nitrogens is 1. The Morgan fingerprint density at radius 2 is 2.03 bits per heavy atom. The molecule has 0 bridgehead atoms. The van der Waals surface area contributed by atoms with Crippen LogP contribution in [0.3, 0.4) is 0 Å². The molecule has 1 atom stereocenters. The number of nitrogens with one attached hydrogen (secondary N) is 2. The molecule has 0 saturated heterocycles. The van der Waals surface area contributed by atoms with Crippen LogP contribution in [0.5, 0.6) is 5.75 Å². The first-order valence-electron chi connectivity index (χ1n) is 9.24. The summed E-state index contributed by atoms with van der Waals surface area (Å²) in [4.78, 5) is 12.4. The van der Waals surface area contributed by atoms with Crippen LogP contribution in [-0.4, -0.2) is 27.8 Å². The number of aromatic amines is 1. The van der Waals surface area contributed by atoms with E-state index in [1.54, 1.807) is 23.6 Å². The minimum atomic E-state index is -0.460. The highest BCUT2D eigenvalue weighted by molar-refractivity contribution is 7.71. The van der Waals surface area contributed by atoms with Crippen molar-refractivity contribution in [2.24, 2.45) is 0 Å². The van der Waals surface area contributed by atoms with Gasteiger partial charge < -0.3 is 10.1 Å². The first kappa shape index (κ1) is 20.7. The molecular formula is C21H23FN4O2S. The van der Waals surface area contributed by atoms with E-state index in [1.165, 1.54) is 13.2 Å². The van der Waals surface area contributed by atoms with Crippen molar-refractivity contribution in [1.29, 1.82) is 0 Å². The van der Waals surface area contributed by atoms with Gasteiger partial charge in [0.15, 0.2) is 22.2 Å². The number of methoxy groups -OCH3 is 1. The van der Waals surface area contributed by atoms with E-state index >= 15 is 0 Å². The lowest BCUT2D eigenvalue weighted by molar-refractivity contribution is -0.121. The fraction of sp³-hybridized carbons (Fsp3) is 0.286. The number of amides is 1. The third kappa shape index (κ3) is 4.89. The highest BCUT2D eigenvalue weighted by atomic mass is 32.1. The zero-order valence-corrected chi connectivity index (χ0v) is 17.3. The lowest BCUT2D eigenvalue weighted by Crippen LogP contribution is -2.27. The average Bonchev–Trinajstić information content (AvgIpc) is 3.07. The summed E-state index contributed by atoms with van der Waals surface area (Å²) in [5.41, 5.74) is 2.74. The van der Waals surface area contributed by atoms with E-state index in [0.29, 0.717) is 22.7 Å². The van der Waals surface area contributed by atoms with Crippen molar-refractivity contribution in [3.8, 4) is 17.1 Å². The Bertz CT molecular complexity index is 1060. The fourth-order valence-electron chi connectivity index (χ4n) is 3.01. The molecule has 0 spiro atoms. The van der Waals surface area contributed by atoms with Crippen molar-refractivity contribution >= 4 is 18.1 Å². The molecule has 2 aromatic carbocycles. The van der Waals surface area contributed by atoms with Crippen LogP contribution in [-0.2, 0) is 11.3 Å². The van der Waals surface area contributed by atoms with E-state index in [4.69, 9.17) is 17.0 Å². The summed E-state index contributed by atoms with van der Waals surface area (Å²) in [6.07, 6.45) is 0.218. The van der Waals surface area contributed by atoms with Crippen LogP contribution in [0.15, 0.2) is 42.5 Å². The molecule has 0 aliphatic heterocycles. The number of carbonyl (C=O) groups excluding carboxylic acids is 1. The molecule has 0 aliphatic carbocycles. The van der Waals surface area contributed by atoms with Crippen LogP contribution < -0.4 is 10.1 Å². The van der Waals surface area contributed by atoms with Crippen LogP contribution in [0.4, 0.5) is 4.39 Å². The second-order valence-electron chi connectivity index (χ2n) is 6.80. The Morgan fingerprint density at radius 1 is 1.31 bits per heavy atom. The quantitative estimate of drug-likeness (QED) is 0.565. The van der Waals surface area contributed by atoms with Gasteiger partial charge in [-0.1, -0.05) is 35.9 Å². The van der Waals surface area contributed by atoms with Crippen molar-refractivity contribution in [2.45, 2.75) is 32.9 Å². The number of carbonyl (C=O) groups is 1. The normalized spacial score (nSPS) is 11.9. The highest BCUT2D eigenvalue weighted by Crippen LogP contribution is 2.22. The monoisotopic (exact) mass is 414 g/mol. The molecule has 152 valence electrons. The maximum Gasteiger partial charge on any atom is 0.222 e. The van der Waals surface area contributed by atoms with E-state index in [2.05, 4.69) is 15.5 Å². The molecule has 0 saturated carbocycles. The van der Waals surface area contributed by atoms with E-state index in [-0.39, 0.29) is 24.1 Å². The van der Waals surface area contributed by atoms with Crippen LogP contribution in [0.1, 0.15) is 30.5 Å². The van der Waals surface area contributed by atoms with Crippen LogP contribution in [0.2, 0.25) is 0 Å². The van der Waals surface area contributed by atoms with Gasteiger partial charge in [0.25, 0.3) is 0 Å². The molecule has 2 N–H and O–H groups in total. The third-order valence-electron chi connectivity index (χ3n) is 4.68. The molecule has 0 fully saturated rings. The van der Waals surface area contributed by atoms with Gasteiger partial charge in [0.1, 0.15) is 0 Å². The summed E-state index contributed by atoms with van der Waals surface area (Å²) in [7, 11) is 1.41. The Kier molecular flexibility index (Phi) is 6.43. The van der Waals surface area contributed by atoms with Gasteiger partial charge in [-0.25, -0.2) is 4.39 Å². The zero-order valence-electron chi connectivity index (χ0n) is 16.5. The maximum atomic E-state index is 13.9. The molecule has 1 heterocycles. The first-order valence-corrected chi connectivity index (χ1v) is 9.65. The van der Waals surface area contributed by atoms with Gasteiger partial charge in [0.2, 0.25) is 5.91 Å². The van der Waals surface area contributed by atoms with Crippen molar-refractivity contribution in [3.05, 3.63) is 64.2 Å². The average molecular weight is 415 g/mol. The number of benzene rings is 2. The maximum absolute atomic E-state index is 13.9. The Hall–Kier alpha value is -3.00. The molecule has 29 heavy (non-hydrogen) atoms. The lowest BCUT2D eigenvalue weighted by Gasteiger charge is -2.15. The van der Waals surface area contributed by atoms with Crippen molar-refractivity contribution in [2.75, 3.05) is 7.11 Å². The molecule has 3 aromatic rings. The van der Waals surface area contributed by atoms with Crippen molar-refractivity contribution < 1.29 is 13.9 Å². The fourth-order valence-corrected chi connectivity index (χ4v) is 3.23. The van der Waals surface area contributed by atoms with E-state index < -0.39 is 5.82 Å². The van der Waals surface area contributed by atoms with Gasteiger partial charge >= 0.3 is 0 Å². The topological polar surface area (TPSA) is 71.9 Å². The highest BCUT2D eigenvalue weighted by Gasteiger charge is 2.14. The summed E-state index contributed by atoms with van der Waals surface area (Å²) >= 11 is 5.31. The predicted octanol–water partition coefficient (Wildman–Crippen LogP) is 4.33. The molecule has 8 heteroatoms. The van der Waals surface area contributed by atoms with Crippen LogP contribution in [0, 0.1) is 17.5 Å². The van der Waals surface area contributed by atoms with Gasteiger partial charge in [-0.05, 0) is 43.8 Å². The Balaban J connectivity index is 1.65. The molecule has 1 aromatic heterocycles. The standard InChI is InChI=1S/C21H23FN4O2S/c1-13-4-6-15(7-5-13)20-24-25-21(29)26(20)11-10-19(27)23-14(2)16-8-9-18(28-3)17(22)12-16/h4-9,12,14H,10-11H2,1-3H3,(H,23,27)(H,25,29)/t14-/m1/s1. The molecule has 0 radical (unpaired) electrons. The minimum absolute atomic E-state index is 0.160. The SMILES string of the molecule is COc1ccc([C@@H](C)NC(=O)CCn2c(-c3ccc(C)cc3)n[nH]c2=S)cc1F. The Labute approximate surface area is 173 Å². The summed E-state index contributed by atoms with van der Waals surface area (Å²) in [6.45, 7) is 4.20. The van der Waals surface area contributed by atoms with E-state index in [0.717, 1.165) is 11.1 Å². The molecule has 0 aliphatic rings. The summed E-state index contributed by atoms with van der Waals surface area (Å²) in [5, 5.41) is 9.96. The number of rotatable bonds is 7. The number of halogens is 1. The largest absolute Gasteiger partial charge is 0.494 e. The number of ether oxygens (including phenoxy) is 1. The van der Waals surface area contributed by atoms with Gasteiger partial charge in [-0.3, -0.25) is 14.5 Å². The van der Waals surface area contributed by atoms with Gasteiger partial charge in [-0.15, -0.1) is 0 Å². The smallest absolute Gasteiger partial charge is 0.222 e.